The van der Waals surface area contributed by atoms with Crippen molar-refractivity contribution < 1.29 is 14.7 Å². The van der Waals surface area contributed by atoms with Gasteiger partial charge in [-0.25, -0.2) is 14.9 Å². The molecule has 0 unspecified atom stereocenters. The molecule has 1 amide bonds. The van der Waals surface area contributed by atoms with Crippen molar-refractivity contribution in [2.45, 2.75) is 0 Å². The van der Waals surface area contributed by atoms with Gasteiger partial charge in [0.05, 0.1) is 0 Å². The van der Waals surface area contributed by atoms with Crippen molar-refractivity contribution in [3.05, 3.63) is 38.6 Å². The number of carbonyl (C=O) groups excluding carboxylic acids is 1. The molecule has 0 bridgehead atoms. The molecule has 0 saturated carbocycles. The molecule has 0 aliphatic carbocycles. The quantitative estimate of drug-likeness (QED) is 0.727. The molecule has 0 radical (unpaired) electrons. The Kier molecular flexibility index (Phi) is 3.15. The summed E-state index contributed by atoms with van der Waals surface area (Å²) < 4.78 is 0. The minimum atomic E-state index is -1.20. The van der Waals surface area contributed by atoms with E-state index in [1.807, 2.05) is 0 Å². The number of hydrogen-bond donors (Lipinski definition) is 3. The Bertz CT molecular complexity index is 642. The predicted octanol–water partition coefficient (Wildman–Crippen LogP) is 0.177. The molecule has 2 aromatic heterocycles. The van der Waals surface area contributed by atoms with Gasteiger partial charge < -0.3 is 10.4 Å². The first-order chi connectivity index (χ1) is 8.56. The number of carboxylic acids is 1. The van der Waals surface area contributed by atoms with Crippen molar-refractivity contribution in [3.8, 4) is 0 Å². The van der Waals surface area contributed by atoms with E-state index in [2.05, 4.69) is 20.5 Å². The van der Waals surface area contributed by atoms with Gasteiger partial charge in [0, 0.05) is 11.4 Å². The summed E-state index contributed by atoms with van der Waals surface area (Å²) in [4.78, 5) is 36.6. The highest BCUT2D eigenvalue weighted by atomic mass is 32.1. The molecule has 8 nitrogen and oxygen atoms in total. The Morgan fingerprint density at radius 3 is 2.72 bits per heavy atom. The smallest absolute Gasteiger partial charge is 0.355 e. The zero-order valence-electron chi connectivity index (χ0n) is 8.71. The van der Waals surface area contributed by atoms with Crippen molar-refractivity contribution in [1.29, 1.82) is 0 Å². The molecule has 0 saturated heterocycles. The molecule has 2 aromatic rings. The lowest BCUT2D eigenvalue weighted by molar-refractivity contribution is 0.0691. The van der Waals surface area contributed by atoms with Crippen LogP contribution < -0.4 is 10.9 Å². The SMILES string of the molecule is O=C(O)c1csc(C(=O)Nc2ccc(=O)[nH]n2)n1. The normalized spacial score (nSPS) is 10.0. The van der Waals surface area contributed by atoms with E-state index in [1.54, 1.807) is 0 Å². The lowest BCUT2D eigenvalue weighted by Gasteiger charge is -1.99. The van der Waals surface area contributed by atoms with Crippen molar-refractivity contribution >= 4 is 29.0 Å². The highest BCUT2D eigenvalue weighted by molar-refractivity contribution is 7.12. The highest BCUT2D eigenvalue weighted by Gasteiger charge is 2.15. The maximum absolute atomic E-state index is 11.6. The van der Waals surface area contributed by atoms with Gasteiger partial charge in [0.2, 0.25) is 0 Å². The second-order valence-corrected chi connectivity index (χ2v) is 3.96. The van der Waals surface area contributed by atoms with Gasteiger partial charge in [-0.1, -0.05) is 0 Å². The lowest BCUT2D eigenvalue weighted by Crippen LogP contribution is -2.15. The third-order valence-electron chi connectivity index (χ3n) is 1.84. The summed E-state index contributed by atoms with van der Waals surface area (Å²) in [5.41, 5.74) is -0.588. The number of aromatic carboxylic acids is 1. The molecule has 2 rings (SSSR count). The zero-order chi connectivity index (χ0) is 13.1. The molecule has 0 aliphatic rings. The van der Waals surface area contributed by atoms with Gasteiger partial charge in [-0.15, -0.1) is 11.3 Å². The van der Waals surface area contributed by atoms with Crippen LogP contribution in [0.15, 0.2) is 22.3 Å². The third kappa shape index (κ3) is 2.58. The van der Waals surface area contributed by atoms with Crippen molar-refractivity contribution in [2.75, 3.05) is 5.32 Å². The standard InChI is InChI=1S/C9H6N4O4S/c14-6-2-1-5(12-13-6)11-7(15)8-10-4(3-18-8)9(16)17/h1-3H,(H,13,14)(H,16,17)(H,11,12,15). The monoisotopic (exact) mass is 266 g/mol. The van der Waals surface area contributed by atoms with Gasteiger partial charge in [-0.3, -0.25) is 9.59 Å². The number of H-pyrrole nitrogens is 1. The summed E-state index contributed by atoms with van der Waals surface area (Å²) >= 11 is 0.905. The fourth-order valence-corrected chi connectivity index (χ4v) is 1.75. The fourth-order valence-electron chi connectivity index (χ4n) is 1.06. The molecule has 2 heterocycles. The van der Waals surface area contributed by atoms with Crippen molar-refractivity contribution in [2.24, 2.45) is 0 Å². The number of anilines is 1. The average Bonchev–Trinajstić information content (AvgIpc) is 2.81. The number of aromatic nitrogens is 3. The molecule has 0 atom stereocenters. The second kappa shape index (κ2) is 4.75. The first-order valence-electron chi connectivity index (χ1n) is 4.62. The fraction of sp³-hybridized carbons (Fsp3) is 0. The van der Waals surface area contributed by atoms with Gasteiger partial charge in [0.1, 0.15) is 0 Å². The number of aromatic amines is 1. The van der Waals surface area contributed by atoms with Gasteiger partial charge in [0.15, 0.2) is 16.5 Å². The second-order valence-electron chi connectivity index (χ2n) is 3.10. The van der Waals surface area contributed by atoms with E-state index < -0.39 is 17.4 Å². The number of carbonyl (C=O) groups is 2. The van der Waals surface area contributed by atoms with Crippen LogP contribution in [0.5, 0.6) is 0 Å². The van der Waals surface area contributed by atoms with Crippen LogP contribution in [0.3, 0.4) is 0 Å². The van der Waals surface area contributed by atoms with Gasteiger partial charge in [-0.2, -0.15) is 5.10 Å². The third-order valence-corrected chi connectivity index (χ3v) is 2.68. The van der Waals surface area contributed by atoms with Crippen LogP contribution in [-0.2, 0) is 0 Å². The van der Waals surface area contributed by atoms with E-state index in [1.165, 1.54) is 17.5 Å². The van der Waals surface area contributed by atoms with E-state index >= 15 is 0 Å². The largest absolute Gasteiger partial charge is 0.476 e. The van der Waals surface area contributed by atoms with Crippen LogP contribution in [0.4, 0.5) is 5.82 Å². The summed E-state index contributed by atoms with van der Waals surface area (Å²) in [6, 6.07) is 2.52. The summed E-state index contributed by atoms with van der Waals surface area (Å²) in [7, 11) is 0. The number of rotatable bonds is 3. The lowest BCUT2D eigenvalue weighted by atomic mass is 10.5. The predicted molar refractivity (Wildman–Crippen MR) is 61.9 cm³/mol. The Balaban J connectivity index is 2.14. The molecule has 0 fully saturated rings. The first-order valence-corrected chi connectivity index (χ1v) is 5.50. The van der Waals surface area contributed by atoms with Crippen LogP contribution >= 0.6 is 11.3 Å². The summed E-state index contributed by atoms with van der Waals surface area (Å²) in [5, 5.41) is 18.0. The average molecular weight is 266 g/mol. The Morgan fingerprint density at radius 1 is 1.39 bits per heavy atom. The van der Waals surface area contributed by atoms with Crippen LogP contribution in [0.1, 0.15) is 20.3 Å². The molecule has 0 spiro atoms. The van der Waals surface area contributed by atoms with Crippen LogP contribution in [0, 0.1) is 0 Å². The van der Waals surface area contributed by atoms with E-state index in [-0.39, 0.29) is 16.5 Å². The minimum Gasteiger partial charge on any atom is -0.476 e. The molecule has 0 aromatic carbocycles. The molecular weight excluding hydrogens is 260 g/mol. The topological polar surface area (TPSA) is 125 Å². The first kappa shape index (κ1) is 11.9. The molecule has 0 aliphatic heterocycles. The molecule has 9 heteroatoms. The number of nitrogens with one attached hydrogen (secondary N) is 2. The van der Waals surface area contributed by atoms with Crippen molar-refractivity contribution in [3.63, 3.8) is 0 Å². The van der Waals surface area contributed by atoms with Gasteiger partial charge >= 0.3 is 5.97 Å². The number of amides is 1. The number of hydrogen-bond acceptors (Lipinski definition) is 6. The number of thiazole rings is 1. The maximum Gasteiger partial charge on any atom is 0.355 e. The van der Waals surface area contributed by atoms with Crippen LogP contribution in [0.25, 0.3) is 0 Å². The van der Waals surface area contributed by atoms with E-state index in [0.717, 1.165) is 11.3 Å². The van der Waals surface area contributed by atoms with E-state index in [0.29, 0.717) is 0 Å². The zero-order valence-corrected chi connectivity index (χ0v) is 9.52. The molecular formula is C9H6N4O4S. The number of nitrogens with zero attached hydrogens (tertiary/aromatic N) is 2. The van der Waals surface area contributed by atoms with E-state index in [9.17, 15) is 14.4 Å². The van der Waals surface area contributed by atoms with Gasteiger partial charge in [-0.05, 0) is 6.07 Å². The minimum absolute atomic E-state index is 0.000370. The van der Waals surface area contributed by atoms with Gasteiger partial charge in [0.25, 0.3) is 11.5 Å². The number of carboxylic acid groups (broad SMARTS) is 1. The molecule has 18 heavy (non-hydrogen) atoms. The molecule has 3 N–H and O–H groups in total. The molecule has 92 valence electrons. The van der Waals surface area contributed by atoms with Crippen LogP contribution in [-0.4, -0.2) is 32.2 Å². The summed E-state index contributed by atoms with van der Waals surface area (Å²) in [6.45, 7) is 0. The Hall–Kier alpha value is -2.55. The highest BCUT2D eigenvalue weighted by Crippen LogP contribution is 2.11. The van der Waals surface area contributed by atoms with Crippen molar-refractivity contribution in [1.82, 2.24) is 15.2 Å². The summed E-state index contributed by atoms with van der Waals surface area (Å²) in [5.74, 6) is -1.65. The Labute approximate surface area is 103 Å². The Morgan fingerprint density at radius 2 is 2.17 bits per heavy atom. The maximum atomic E-state index is 11.6. The van der Waals surface area contributed by atoms with E-state index in [4.69, 9.17) is 5.11 Å². The van der Waals surface area contributed by atoms with Crippen LogP contribution in [0.2, 0.25) is 0 Å². The summed E-state index contributed by atoms with van der Waals surface area (Å²) in [6.07, 6.45) is 0.